The number of nitrogens with zero attached hydrogens (tertiary/aromatic N) is 3. The Balaban J connectivity index is 1.30. The maximum Gasteiger partial charge on any atom is 0.321 e. The second-order valence-corrected chi connectivity index (χ2v) is 8.68. The van der Waals surface area contributed by atoms with E-state index < -0.39 is 11.8 Å². The number of urea groups is 1. The highest BCUT2D eigenvalue weighted by atomic mass is 16.2. The number of carbonyl (C=O) groups excluding carboxylic acids is 3. The van der Waals surface area contributed by atoms with Crippen LogP contribution in [0.3, 0.4) is 0 Å². The van der Waals surface area contributed by atoms with Gasteiger partial charge in [0, 0.05) is 44.5 Å². The van der Waals surface area contributed by atoms with Gasteiger partial charge in [-0.15, -0.1) is 0 Å². The van der Waals surface area contributed by atoms with E-state index in [-0.39, 0.29) is 12.1 Å². The second kappa shape index (κ2) is 9.42. The summed E-state index contributed by atoms with van der Waals surface area (Å²) in [6.07, 6.45) is 1.36. The van der Waals surface area contributed by atoms with Crippen molar-refractivity contribution in [1.82, 2.24) is 14.7 Å². The minimum Gasteiger partial charge on any atom is -0.330 e. The Bertz CT molecular complexity index is 1000. The highest BCUT2D eigenvalue weighted by Crippen LogP contribution is 2.22. The van der Waals surface area contributed by atoms with Crippen molar-refractivity contribution in [2.45, 2.75) is 39.3 Å². The van der Waals surface area contributed by atoms with Crippen LogP contribution in [-0.4, -0.2) is 64.8 Å². The van der Waals surface area contributed by atoms with Crippen LogP contribution in [0.4, 0.5) is 10.5 Å². The van der Waals surface area contributed by atoms with E-state index in [2.05, 4.69) is 5.32 Å². The van der Waals surface area contributed by atoms with E-state index in [9.17, 15) is 14.4 Å². The third-order valence-corrected chi connectivity index (χ3v) is 6.39. The Morgan fingerprint density at radius 3 is 2.38 bits per heavy atom. The first kappa shape index (κ1) is 21.9. The van der Waals surface area contributed by atoms with Crippen molar-refractivity contribution in [3.05, 3.63) is 65.2 Å². The Hall–Kier alpha value is -3.35. The van der Waals surface area contributed by atoms with E-state index in [1.165, 1.54) is 0 Å². The number of hydrogen-bond donors (Lipinski definition) is 1. The van der Waals surface area contributed by atoms with Gasteiger partial charge in [0.05, 0.1) is 0 Å². The number of hydrogen-bond acceptors (Lipinski definition) is 3. The molecular weight excluding hydrogens is 404 g/mol. The molecule has 0 aliphatic carbocycles. The van der Waals surface area contributed by atoms with Crippen LogP contribution in [-0.2, 0) is 16.1 Å². The fourth-order valence-electron chi connectivity index (χ4n) is 4.44. The fourth-order valence-corrected chi connectivity index (χ4v) is 4.44. The number of rotatable bonds is 4. The maximum atomic E-state index is 12.8. The zero-order chi connectivity index (χ0) is 22.7. The molecule has 1 N–H and O–H groups in total. The summed E-state index contributed by atoms with van der Waals surface area (Å²) >= 11 is 0. The molecule has 168 valence electrons. The van der Waals surface area contributed by atoms with Crippen LogP contribution in [0.2, 0.25) is 0 Å². The van der Waals surface area contributed by atoms with Crippen LogP contribution in [0.5, 0.6) is 0 Å². The van der Waals surface area contributed by atoms with Crippen LogP contribution >= 0.6 is 0 Å². The third-order valence-electron chi connectivity index (χ3n) is 6.39. The molecule has 2 aliphatic heterocycles. The van der Waals surface area contributed by atoms with Crippen molar-refractivity contribution < 1.29 is 14.4 Å². The third kappa shape index (κ3) is 4.77. The molecule has 4 amide bonds. The molecule has 0 bridgehead atoms. The predicted octanol–water partition coefficient (Wildman–Crippen LogP) is 3.17. The van der Waals surface area contributed by atoms with Crippen LogP contribution in [0.1, 0.15) is 29.5 Å². The summed E-state index contributed by atoms with van der Waals surface area (Å²) in [6.45, 7) is 6.62. The Kier molecular flexibility index (Phi) is 6.44. The molecule has 0 radical (unpaired) electrons. The molecule has 0 aromatic heterocycles. The van der Waals surface area contributed by atoms with Gasteiger partial charge in [-0.3, -0.25) is 9.59 Å². The minimum atomic E-state index is -0.435. The van der Waals surface area contributed by atoms with Crippen molar-refractivity contribution in [3.63, 3.8) is 0 Å². The molecule has 32 heavy (non-hydrogen) atoms. The van der Waals surface area contributed by atoms with Crippen molar-refractivity contribution in [1.29, 1.82) is 0 Å². The highest BCUT2D eigenvalue weighted by Gasteiger charge is 2.38. The van der Waals surface area contributed by atoms with Crippen molar-refractivity contribution in [3.8, 4) is 0 Å². The monoisotopic (exact) mass is 434 g/mol. The number of piperazine rings is 1. The molecule has 4 rings (SSSR count). The lowest BCUT2D eigenvalue weighted by Gasteiger charge is -2.42. The molecule has 2 heterocycles. The van der Waals surface area contributed by atoms with Crippen molar-refractivity contribution in [2.75, 3.05) is 31.5 Å². The molecule has 7 nitrogen and oxygen atoms in total. The number of benzene rings is 2. The van der Waals surface area contributed by atoms with E-state index in [4.69, 9.17) is 0 Å². The lowest BCUT2D eigenvalue weighted by molar-refractivity contribution is -0.158. The number of anilines is 1. The van der Waals surface area contributed by atoms with Gasteiger partial charge in [-0.1, -0.05) is 42.5 Å². The summed E-state index contributed by atoms with van der Waals surface area (Å²) in [7, 11) is 0. The SMILES string of the molecule is Cc1ccc(C)c(NC(=O)N2CCC(N3CCN(Cc4ccccc4)C(=O)C3=O)CC2)c1. The molecular formula is C25H30N4O3. The molecule has 0 spiro atoms. The summed E-state index contributed by atoms with van der Waals surface area (Å²) in [5, 5.41) is 3.01. The number of nitrogens with one attached hydrogen (secondary N) is 1. The summed E-state index contributed by atoms with van der Waals surface area (Å²) in [5.41, 5.74) is 3.97. The van der Waals surface area contributed by atoms with Crippen molar-refractivity contribution in [2.24, 2.45) is 0 Å². The van der Waals surface area contributed by atoms with E-state index in [1.54, 1.807) is 14.7 Å². The Morgan fingerprint density at radius 2 is 1.66 bits per heavy atom. The first-order valence-electron chi connectivity index (χ1n) is 11.2. The Labute approximate surface area is 189 Å². The summed E-state index contributed by atoms with van der Waals surface area (Å²) in [4.78, 5) is 43.3. The van der Waals surface area contributed by atoms with Crippen molar-refractivity contribution >= 4 is 23.5 Å². The van der Waals surface area contributed by atoms with Gasteiger partial charge in [-0.25, -0.2) is 4.79 Å². The standard InChI is InChI=1S/C25H30N4O3/c1-18-8-9-19(2)22(16-18)26-25(32)27-12-10-21(11-13-27)29-15-14-28(23(30)24(29)31)17-20-6-4-3-5-7-20/h3-9,16,21H,10-15,17H2,1-2H3,(H,26,32). The van der Waals surface area contributed by atoms with E-state index in [0.717, 1.165) is 22.4 Å². The zero-order valence-electron chi connectivity index (χ0n) is 18.7. The summed E-state index contributed by atoms with van der Waals surface area (Å²) in [5.74, 6) is -0.860. The first-order valence-corrected chi connectivity index (χ1v) is 11.2. The van der Waals surface area contributed by atoms with Gasteiger partial charge in [0.2, 0.25) is 0 Å². The number of piperidine rings is 1. The van der Waals surface area contributed by atoms with Gasteiger partial charge in [-0.05, 0) is 49.4 Å². The number of likely N-dealkylation sites (tertiary alicyclic amines) is 1. The van der Waals surface area contributed by atoms with E-state index in [1.807, 2.05) is 62.4 Å². The second-order valence-electron chi connectivity index (χ2n) is 8.68. The maximum absolute atomic E-state index is 12.8. The predicted molar refractivity (Wildman–Crippen MR) is 123 cm³/mol. The van der Waals surface area contributed by atoms with Gasteiger partial charge in [0.25, 0.3) is 0 Å². The van der Waals surface area contributed by atoms with Gasteiger partial charge in [-0.2, -0.15) is 0 Å². The van der Waals surface area contributed by atoms with Gasteiger partial charge < -0.3 is 20.0 Å². The zero-order valence-corrected chi connectivity index (χ0v) is 18.7. The first-order chi connectivity index (χ1) is 15.4. The largest absolute Gasteiger partial charge is 0.330 e. The molecule has 0 saturated carbocycles. The lowest BCUT2D eigenvalue weighted by atomic mass is 10.0. The van der Waals surface area contributed by atoms with Crippen LogP contribution in [0.25, 0.3) is 0 Å². The topological polar surface area (TPSA) is 73.0 Å². The number of amides is 4. The Morgan fingerprint density at radius 1 is 0.938 bits per heavy atom. The number of aryl methyl sites for hydroxylation is 2. The molecule has 2 aliphatic rings. The molecule has 2 saturated heterocycles. The van der Waals surface area contributed by atoms with Gasteiger partial charge >= 0.3 is 17.8 Å². The van der Waals surface area contributed by atoms with Gasteiger partial charge in [0.15, 0.2) is 0 Å². The molecule has 0 unspecified atom stereocenters. The van der Waals surface area contributed by atoms with E-state index in [0.29, 0.717) is 45.6 Å². The van der Waals surface area contributed by atoms with Gasteiger partial charge in [0.1, 0.15) is 0 Å². The van der Waals surface area contributed by atoms with Crippen LogP contribution in [0.15, 0.2) is 48.5 Å². The average Bonchev–Trinajstić information content (AvgIpc) is 2.80. The number of carbonyl (C=O) groups is 3. The van der Waals surface area contributed by atoms with Crippen LogP contribution in [0, 0.1) is 13.8 Å². The van der Waals surface area contributed by atoms with Crippen LogP contribution < -0.4 is 5.32 Å². The molecule has 2 aromatic rings. The highest BCUT2D eigenvalue weighted by molar-refractivity contribution is 6.35. The lowest BCUT2D eigenvalue weighted by Crippen LogP contribution is -2.59. The molecule has 2 fully saturated rings. The minimum absolute atomic E-state index is 0.00455. The molecule has 0 atom stereocenters. The molecule has 7 heteroatoms. The average molecular weight is 435 g/mol. The quantitative estimate of drug-likeness (QED) is 0.752. The van der Waals surface area contributed by atoms with E-state index >= 15 is 0 Å². The molecule has 2 aromatic carbocycles. The normalized spacial score (nSPS) is 17.6. The smallest absolute Gasteiger partial charge is 0.321 e. The summed E-state index contributed by atoms with van der Waals surface area (Å²) < 4.78 is 0. The summed E-state index contributed by atoms with van der Waals surface area (Å²) in [6, 6.07) is 15.6. The fraction of sp³-hybridized carbons (Fsp3) is 0.400.